The van der Waals surface area contributed by atoms with Crippen LogP contribution in [-0.2, 0) is 6.54 Å². The Kier molecular flexibility index (Phi) is 4.48. The van der Waals surface area contributed by atoms with Crippen molar-refractivity contribution in [1.82, 2.24) is 9.47 Å². The molecule has 1 aliphatic rings. The molecule has 1 unspecified atom stereocenters. The minimum atomic E-state index is -0.0832. The van der Waals surface area contributed by atoms with Crippen molar-refractivity contribution in [1.29, 1.82) is 0 Å². The summed E-state index contributed by atoms with van der Waals surface area (Å²) in [6.45, 7) is 7.66. The number of hydrogen-bond acceptors (Lipinski definition) is 1. The van der Waals surface area contributed by atoms with Crippen LogP contribution in [-0.4, -0.2) is 22.0 Å². The molecule has 4 heteroatoms. The fourth-order valence-corrected chi connectivity index (χ4v) is 3.84. The summed E-state index contributed by atoms with van der Waals surface area (Å²) in [6, 6.07) is 18.6. The molecule has 1 aliphatic heterocycles. The van der Waals surface area contributed by atoms with Crippen molar-refractivity contribution in [2.75, 3.05) is 11.9 Å². The minimum absolute atomic E-state index is 0.0556. The van der Waals surface area contributed by atoms with Gasteiger partial charge in [0.2, 0.25) is 0 Å². The van der Waals surface area contributed by atoms with Crippen LogP contribution in [0.4, 0.5) is 10.5 Å². The lowest BCUT2D eigenvalue weighted by molar-refractivity contribution is 0.182. The standard InChI is InChI=1S/C23H25N3O/c1-16-6-9-19(10-7-16)22-21-5-4-12-25(21)13-14-26(22)23(27)24-20-11-8-17(2)15-18(20)3/h4-12,15,22H,13-14H2,1-3H3,(H,24,27). The van der Waals surface area contributed by atoms with E-state index in [1.807, 2.05) is 24.0 Å². The average molecular weight is 359 g/mol. The Morgan fingerprint density at radius 1 is 0.963 bits per heavy atom. The summed E-state index contributed by atoms with van der Waals surface area (Å²) in [5.41, 5.74) is 6.65. The molecule has 0 fully saturated rings. The van der Waals surface area contributed by atoms with Gasteiger partial charge < -0.3 is 14.8 Å². The molecule has 0 saturated heterocycles. The Morgan fingerprint density at radius 2 is 1.70 bits per heavy atom. The third kappa shape index (κ3) is 3.35. The van der Waals surface area contributed by atoms with Crippen molar-refractivity contribution >= 4 is 11.7 Å². The lowest BCUT2D eigenvalue weighted by Crippen LogP contribution is -2.44. The van der Waals surface area contributed by atoms with Crippen molar-refractivity contribution in [2.45, 2.75) is 33.4 Å². The number of hydrogen-bond donors (Lipinski definition) is 1. The van der Waals surface area contributed by atoms with E-state index in [1.54, 1.807) is 0 Å². The summed E-state index contributed by atoms with van der Waals surface area (Å²) >= 11 is 0. The van der Waals surface area contributed by atoms with Crippen molar-refractivity contribution in [3.8, 4) is 0 Å². The normalized spacial score (nSPS) is 16.1. The van der Waals surface area contributed by atoms with Gasteiger partial charge in [0.1, 0.15) is 0 Å². The van der Waals surface area contributed by atoms with Crippen LogP contribution >= 0.6 is 0 Å². The predicted octanol–water partition coefficient (Wildman–Crippen LogP) is 5.05. The smallest absolute Gasteiger partial charge is 0.322 e. The van der Waals surface area contributed by atoms with Crippen LogP contribution in [0.3, 0.4) is 0 Å². The third-order valence-electron chi connectivity index (χ3n) is 5.32. The van der Waals surface area contributed by atoms with Gasteiger partial charge in [-0.05, 0) is 50.1 Å². The van der Waals surface area contributed by atoms with Crippen molar-refractivity contribution in [3.05, 3.63) is 88.7 Å². The molecule has 3 aromatic rings. The quantitative estimate of drug-likeness (QED) is 0.683. The summed E-state index contributed by atoms with van der Waals surface area (Å²) in [5.74, 6) is 0. The number of rotatable bonds is 2. The van der Waals surface area contributed by atoms with E-state index in [4.69, 9.17) is 0 Å². The summed E-state index contributed by atoms with van der Waals surface area (Å²) in [4.78, 5) is 15.1. The third-order valence-corrected chi connectivity index (χ3v) is 5.32. The number of nitrogens with zero attached hydrogens (tertiary/aromatic N) is 2. The zero-order valence-electron chi connectivity index (χ0n) is 16.1. The average Bonchev–Trinajstić information content (AvgIpc) is 3.13. The van der Waals surface area contributed by atoms with Crippen LogP contribution in [0, 0.1) is 20.8 Å². The Bertz CT molecular complexity index is 972. The van der Waals surface area contributed by atoms with Crippen LogP contribution in [0.2, 0.25) is 0 Å². The maximum atomic E-state index is 13.2. The molecule has 2 aromatic carbocycles. The molecule has 138 valence electrons. The van der Waals surface area contributed by atoms with Gasteiger partial charge in [0.15, 0.2) is 0 Å². The van der Waals surface area contributed by atoms with Gasteiger partial charge in [0.25, 0.3) is 0 Å². The Labute approximate surface area is 160 Å². The van der Waals surface area contributed by atoms with Crippen molar-refractivity contribution in [3.63, 3.8) is 0 Å². The predicted molar refractivity (Wildman–Crippen MR) is 109 cm³/mol. The number of carbonyl (C=O) groups excluding carboxylic acids is 1. The van der Waals surface area contributed by atoms with E-state index in [0.717, 1.165) is 29.1 Å². The zero-order chi connectivity index (χ0) is 19.0. The van der Waals surface area contributed by atoms with Crippen molar-refractivity contribution < 1.29 is 4.79 Å². The topological polar surface area (TPSA) is 37.3 Å². The highest BCUT2D eigenvalue weighted by Gasteiger charge is 2.32. The number of urea groups is 1. The molecule has 27 heavy (non-hydrogen) atoms. The fraction of sp³-hybridized carbons (Fsp3) is 0.261. The molecule has 1 aromatic heterocycles. The molecule has 4 rings (SSSR count). The van der Waals surface area contributed by atoms with E-state index in [9.17, 15) is 4.79 Å². The summed E-state index contributed by atoms with van der Waals surface area (Å²) in [6.07, 6.45) is 2.09. The lowest BCUT2D eigenvalue weighted by atomic mass is 9.99. The molecule has 0 saturated carbocycles. The first-order valence-corrected chi connectivity index (χ1v) is 9.39. The largest absolute Gasteiger partial charge is 0.348 e. The van der Waals surface area contributed by atoms with Gasteiger partial charge in [-0.15, -0.1) is 0 Å². The number of aromatic nitrogens is 1. The first kappa shape index (κ1) is 17.4. The lowest BCUT2D eigenvalue weighted by Gasteiger charge is -2.37. The Balaban J connectivity index is 1.67. The first-order valence-electron chi connectivity index (χ1n) is 9.39. The van der Waals surface area contributed by atoms with E-state index >= 15 is 0 Å². The first-order chi connectivity index (χ1) is 13.0. The zero-order valence-corrected chi connectivity index (χ0v) is 16.1. The number of anilines is 1. The monoisotopic (exact) mass is 359 g/mol. The second-order valence-corrected chi connectivity index (χ2v) is 7.38. The van der Waals surface area contributed by atoms with Gasteiger partial charge in [-0.3, -0.25) is 0 Å². The van der Waals surface area contributed by atoms with E-state index in [2.05, 4.69) is 72.4 Å². The molecule has 0 spiro atoms. The van der Waals surface area contributed by atoms with E-state index in [1.165, 1.54) is 11.1 Å². The number of aryl methyl sites for hydroxylation is 3. The maximum absolute atomic E-state index is 13.2. The highest BCUT2D eigenvalue weighted by atomic mass is 16.2. The minimum Gasteiger partial charge on any atom is -0.348 e. The summed E-state index contributed by atoms with van der Waals surface area (Å²) < 4.78 is 2.24. The molecule has 0 aliphatic carbocycles. The Morgan fingerprint density at radius 3 is 2.44 bits per heavy atom. The number of amides is 2. The van der Waals surface area contributed by atoms with Crippen molar-refractivity contribution in [2.24, 2.45) is 0 Å². The van der Waals surface area contributed by atoms with Gasteiger partial charge in [-0.2, -0.15) is 0 Å². The van der Waals surface area contributed by atoms with Crippen LogP contribution in [0.25, 0.3) is 0 Å². The number of nitrogens with one attached hydrogen (secondary N) is 1. The highest BCUT2D eigenvalue weighted by Crippen LogP contribution is 2.33. The molecule has 1 atom stereocenters. The van der Waals surface area contributed by atoms with Gasteiger partial charge in [0.05, 0.1) is 6.04 Å². The SMILES string of the molecule is Cc1ccc(C2c3cccn3CCN2C(=O)Nc2ccc(C)cc2C)cc1. The van der Waals surface area contributed by atoms with E-state index in [0.29, 0.717) is 6.54 Å². The molecule has 1 N–H and O–H groups in total. The highest BCUT2D eigenvalue weighted by molar-refractivity contribution is 5.90. The molecule has 0 bridgehead atoms. The van der Waals surface area contributed by atoms with E-state index in [-0.39, 0.29) is 12.1 Å². The molecular formula is C23H25N3O. The molecule has 2 heterocycles. The summed E-state index contributed by atoms with van der Waals surface area (Å²) in [7, 11) is 0. The van der Waals surface area contributed by atoms with E-state index < -0.39 is 0 Å². The van der Waals surface area contributed by atoms with Crippen LogP contribution in [0.15, 0.2) is 60.8 Å². The number of fused-ring (bicyclic) bond motifs is 1. The van der Waals surface area contributed by atoms with Gasteiger partial charge in [-0.25, -0.2) is 4.79 Å². The second-order valence-electron chi connectivity index (χ2n) is 7.38. The van der Waals surface area contributed by atoms with Gasteiger partial charge in [0, 0.05) is 30.7 Å². The summed E-state index contributed by atoms with van der Waals surface area (Å²) in [5, 5.41) is 3.12. The molecular weight excluding hydrogens is 334 g/mol. The molecule has 0 radical (unpaired) electrons. The second kappa shape index (κ2) is 6.95. The fourth-order valence-electron chi connectivity index (χ4n) is 3.84. The number of benzene rings is 2. The van der Waals surface area contributed by atoms with Crippen LogP contribution < -0.4 is 5.32 Å². The molecule has 2 amide bonds. The van der Waals surface area contributed by atoms with Crippen LogP contribution in [0.5, 0.6) is 0 Å². The Hall–Kier alpha value is -3.01. The van der Waals surface area contributed by atoms with Gasteiger partial charge in [-0.1, -0.05) is 47.5 Å². The number of carbonyl (C=O) groups is 1. The molecule has 4 nitrogen and oxygen atoms in total. The van der Waals surface area contributed by atoms with Crippen LogP contribution in [0.1, 0.15) is 34.0 Å². The van der Waals surface area contributed by atoms with Gasteiger partial charge >= 0.3 is 6.03 Å². The maximum Gasteiger partial charge on any atom is 0.322 e.